The molecule has 0 radical (unpaired) electrons. The van der Waals surface area contributed by atoms with Gasteiger partial charge in [0.2, 0.25) is 29.5 Å². The lowest BCUT2D eigenvalue weighted by atomic mass is 10.3. The number of benzene rings is 1. The van der Waals surface area contributed by atoms with E-state index in [1.54, 1.807) is 12.1 Å². The summed E-state index contributed by atoms with van der Waals surface area (Å²) in [6.07, 6.45) is -0.0746. The molecule has 3 rings (SSSR count). The quantitative estimate of drug-likeness (QED) is 0.335. The van der Waals surface area contributed by atoms with Crippen molar-refractivity contribution < 1.29 is 28.2 Å². The van der Waals surface area contributed by atoms with Crippen molar-refractivity contribution in [3.05, 3.63) is 42.2 Å². The van der Waals surface area contributed by atoms with E-state index < -0.39 is 14.0 Å². The van der Waals surface area contributed by atoms with E-state index in [4.69, 9.17) is 18.6 Å². The Labute approximate surface area is 230 Å². The van der Waals surface area contributed by atoms with Crippen molar-refractivity contribution in [2.24, 2.45) is 0 Å². The van der Waals surface area contributed by atoms with Gasteiger partial charge in [0.25, 0.3) is 5.95 Å². The van der Waals surface area contributed by atoms with Crippen molar-refractivity contribution in [1.29, 1.82) is 0 Å². The van der Waals surface area contributed by atoms with Crippen LogP contribution in [0, 0.1) is 0 Å². The van der Waals surface area contributed by atoms with Crippen LogP contribution >= 0.6 is 0 Å². The summed E-state index contributed by atoms with van der Waals surface area (Å²) in [6.45, 7) is 9.20. The smallest absolute Gasteiger partial charge is 0.290 e. The Bertz CT molecular complexity index is 1280. The minimum atomic E-state index is -1.49. The third kappa shape index (κ3) is 8.04. The molecule has 2 amide bonds. The van der Waals surface area contributed by atoms with Gasteiger partial charge in [-0.15, -0.1) is 0 Å². The number of nitrogens with one attached hydrogen (secondary N) is 1. The highest BCUT2D eigenvalue weighted by Gasteiger charge is 2.24. The Morgan fingerprint density at radius 1 is 1.00 bits per heavy atom. The summed E-state index contributed by atoms with van der Waals surface area (Å²) in [4.78, 5) is 37.2. The van der Waals surface area contributed by atoms with Crippen molar-refractivity contribution in [2.45, 2.75) is 33.0 Å². The number of ether oxygens (including phenoxy) is 3. The van der Waals surface area contributed by atoms with Crippen LogP contribution in [0.25, 0.3) is 0 Å². The van der Waals surface area contributed by atoms with Crippen LogP contribution in [0.2, 0.25) is 19.6 Å². The number of amides is 2. The number of aromatic nitrogens is 2. The minimum Gasteiger partial charge on any atom is -0.479 e. The SMILES string of the molecule is COc1nc(N(CCN(C)C)C(C)=O)nc(OC)c1NC(=O)Cc1ccc(Oc2cccc([Si](C)(C)C)c2)o1. The fourth-order valence-corrected chi connectivity index (χ4v) is 4.79. The van der Waals surface area contributed by atoms with Gasteiger partial charge in [-0.05, 0) is 32.3 Å². The molecule has 2 aromatic heterocycles. The van der Waals surface area contributed by atoms with Crippen LogP contribution in [0.15, 0.2) is 40.8 Å². The maximum Gasteiger partial charge on any atom is 0.290 e. The van der Waals surface area contributed by atoms with Crippen LogP contribution in [0.5, 0.6) is 23.5 Å². The number of hydrogen-bond donors (Lipinski definition) is 1. The number of carbonyl (C=O) groups excluding carboxylic acids is 2. The highest BCUT2D eigenvalue weighted by atomic mass is 28.3. The molecule has 0 unspecified atom stereocenters. The standard InChI is InChI=1S/C27H37N5O6Si/c1-18(33)32(15-14-31(2)3)27-29-25(35-4)24(26(30-27)36-5)28-22(34)17-20-12-13-23(38-20)37-19-10-9-11-21(16-19)39(6,7)8/h9-13,16H,14-15,17H2,1-8H3,(H,28,34). The number of carbonyl (C=O) groups is 2. The maximum atomic E-state index is 12.9. The number of rotatable bonds is 12. The van der Waals surface area contributed by atoms with Gasteiger partial charge in [0, 0.05) is 26.1 Å². The van der Waals surface area contributed by atoms with Gasteiger partial charge in [0.15, 0.2) is 5.69 Å². The Kier molecular flexibility index (Phi) is 9.70. The van der Waals surface area contributed by atoms with E-state index in [0.717, 1.165) is 0 Å². The van der Waals surface area contributed by atoms with Crippen molar-refractivity contribution >= 4 is 36.7 Å². The van der Waals surface area contributed by atoms with Crippen LogP contribution in [-0.4, -0.2) is 76.2 Å². The van der Waals surface area contributed by atoms with Crippen LogP contribution in [0.3, 0.4) is 0 Å². The summed E-state index contributed by atoms with van der Waals surface area (Å²) >= 11 is 0. The highest BCUT2D eigenvalue weighted by molar-refractivity contribution is 6.88. The second-order valence-corrected chi connectivity index (χ2v) is 15.3. The van der Waals surface area contributed by atoms with Gasteiger partial charge in [-0.3, -0.25) is 14.5 Å². The lowest BCUT2D eigenvalue weighted by molar-refractivity contribution is -0.117. The van der Waals surface area contributed by atoms with E-state index in [1.807, 2.05) is 37.2 Å². The zero-order valence-electron chi connectivity index (χ0n) is 23.8. The van der Waals surface area contributed by atoms with E-state index in [9.17, 15) is 9.59 Å². The van der Waals surface area contributed by atoms with Gasteiger partial charge in [0.1, 0.15) is 11.5 Å². The molecule has 0 aliphatic carbocycles. The van der Waals surface area contributed by atoms with Crippen molar-refractivity contribution in [3.8, 4) is 23.5 Å². The molecule has 0 saturated carbocycles. The fourth-order valence-electron chi connectivity index (χ4n) is 3.62. The first-order valence-electron chi connectivity index (χ1n) is 12.5. The first-order chi connectivity index (χ1) is 18.4. The molecule has 11 nitrogen and oxygen atoms in total. The molecule has 0 fully saturated rings. The summed E-state index contributed by atoms with van der Waals surface area (Å²) in [5, 5.41) is 4.01. The average Bonchev–Trinajstić information content (AvgIpc) is 3.30. The molecule has 0 atom stereocenters. The molecule has 1 aromatic carbocycles. The highest BCUT2D eigenvalue weighted by Crippen LogP contribution is 2.34. The van der Waals surface area contributed by atoms with Gasteiger partial charge in [-0.2, -0.15) is 9.97 Å². The molecule has 12 heteroatoms. The molecular formula is C27H37N5O6Si. The van der Waals surface area contributed by atoms with E-state index in [-0.39, 0.29) is 41.7 Å². The van der Waals surface area contributed by atoms with Crippen LogP contribution < -0.4 is 29.6 Å². The van der Waals surface area contributed by atoms with Crippen LogP contribution in [0.4, 0.5) is 11.6 Å². The molecule has 210 valence electrons. The Morgan fingerprint density at radius 3 is 2.23 bits per heavy atom. The summed E-state index contributed by atoms with van der Waals surface area (Å²) in [5.74, 6) is 0.973. The van der Waals surface area contributed by atoms with Gasteiger partial charge < -0.3 is 28.8 Å². The van der Waals surface area contributed by atoms with Crippen LogP contribution in [0.1, 0.15) is 12.7 Å². The van der Waals surface area contributed by atoms with E-state index in [0.29, 0.717) is 24.6 Å². The van der Waals surface area contributed by atoms with Gasteiger partial charge in [-0.25, -0.2) is 0 Å². The molecular weight excluding hydrogens is 518 g/mol. The number of nitrogens with zero attached hydrogens (tertiary/aromatic N) is 4. The molecule has 0 aliphatic rings. The second-order valence-electron chi connectivity index (χ2n) is 10.2. The third-order valence-corrected chi connectivity index (χ3v) is 7.81. The first-order valence-corrected chi connectivity index (χ1v) is 16.0. The van der Waals surface area contributed by atoms with Gasteiger partial charge in [-0.1, -0.05) is 37.0 Å². The predicted octanol–water partition coefficient (Wildman–Crippen LogP) is 3.52. The van der Waals surface area contributed by atoms with Crippen molar-refractivity contribution in [3.63, 3.8) is 0 Å². The van der Waals surface area contributed by atoms with Crippen molar-refractivity contribution in [2.75, 3.05) is 51.6 Å². The molecule has 0 saturated heterocycles. The lowest BCUT2D eigenvalue weighted by Gasteiger charge is -2.22. The van der Waals surface area contributed by atoms with E-state index in [2.05, 4.69) is 41.0 Å². The number of hydrogen-bond acceptors (Lipinski definition) is 9. The molecule has 2 heterocycles. The predicted molar refractivity (Wildman–Crippen MR) is 152 cm³/mol. The fraction of sp³-hybridized carbons (Fsp3) is 0.407. The first kappa shape index (κ1) is 29.6. The topological polar surface area (TPSA) is 119 Å². The van der Waals surface area contributed by atoms with E-state index in [1.165, 1.54) is 31.2 Å². The zero-order valence-corrected chi connectivity index (χ0v) is 24.8. The molecule has 0 aliphatic heterocycles. The summed E-state index contributed by atoms with van der Waals surface area (Å²) in [6, 6.07) is 11.3. The maximum absolute atomic E-state index is 12.9. The minimum absolute atomic E-state index is 0.0621. The summed E-state index contributed by atoms with van der Waals surface area (Å²) in [5.41, 5.74) is 0.149. The molecule has 0 bridgehead atoms. The Hall–Kier alpha value is -3.90. The molecule has 0 spiro atoms. The normalized spacial score (nSPS) is 11.3. The van der Waals surface area contributed by atoms with Crippen molar-refractivity contribution in [1.82, 2.24) is 14.9 Å². The molecule has 1 N–H and O–H groups in total. The number of methoxy groups -OCH3 is 2. The second kappa shape index (κ2) is 12.8. The zero-order chi connectivity index (χ0) is 28.7. The molecule has 3 aromatic rings. The largest absolute Gasteiger partial charge is 0.479 e. The Balaban J connectivity index is 1.74. The summed E-state index contributed by atoms with van der Waals surface area (Å²) < 4.78 is 22.4. The Morgan fingerprint density at radius 2 is 1.67 bits per heavy atom. The number of anilines is 2. The number of furan rings is 1. The monoisotopic (exact) mass is 555 g/mol. The van der Waals surface area contributed by atoms with E-state index >= 15 is 0 Å². The summed E-state index contributed by atoms with van der Waals surface area (Å²) in [7, 11) is 5.13. The average molecular weight is 556 g/mol. The van der Waals surface area contributed by atoms with Crippen LogP contribution in [-0.2, 0) is 16.0 Å². The van der Waals surface area contributed by atoms with Gasteiger partial charge >= 0.3 is 0 Å². The molecule has 39 heavy (non-hydrogen) atoms. The lowest BCUT2D eigenvalue weighted by Crippen LogP contribution is -2.37. The van der Waals surface area contributed by atoms with Gasteiger partial charge in [0.05, 0.1) is 28.7 Å². The third-order valence-electron chi connectivity index (χ3n) is 5.76. The number of likely N-dealkylation sites (N-methyl/N-ethyl adjacent to an activating group) is 1.